The molecule has 0 aliphatic heterocycles. The van der Waals surface area contributed by atoms with Gasteiger partial charge in [0, 0.05) is 19.7 Å². The zero-order chi connectivity index (χ0) is 17.5. The number of pyridine rings is 1. The molecule has 1 unspecified atom stereocenters. The van der Waals surface area contributed by atoms with E-state index in [9.17, 15) is 14.0 Å². The highest BCUT2D eigenvalue weighted by atomic mass is 19.1. The van der Waals surface area contributed by atoms with E-state index >= 15 is 0 Å². The van der Waals surface area contributed by atoms with Gasteiger partial charge in [-0.2, -0.15) is 0 Å². The predicted octanol–water partition coefficient (Wildman–Crippen LogP) is 2.27. The van der Waals surface area contributed by atoms with Crippen LogP contribution in [0.3, 0.4) is 0 Å². The van der Waals surface area contributed by atoms with Crippen LogP contribution in [-0.2, 0) is 22.7 Å². The molecule has 0 aliphatic carbocycles. The lowest BCUT2D eigenvalue weighted by molar-refractivity contribution is -0.139. The first-order valence-corrected chi connectivity index (χ1v) is 7.66. The van der Waals surface area contributed by atoms with Crippen LogP contribution < -0.4 is 5.32 Å². The normalized spacial score (nSPS) is 11.6. The fraction of sp³-hybridized carbons (Fsp3) is 0.278. The van der Waals surface area contributed by atoms with Crippen LogP contribution in [0.15, 0.2) is 48.7 Å². The van der Waals surface area contributed by atoms with Crippen molar-refractivity contribution in [2.75, 3.05) is 0 Å². The minimum absolute atomic E-state index is 0.222. The van der Waals surface area contributed by atoms with Gasteiger partial charge in [0.15, 0.2) is 0 Å². The third-order valence-corrected chi connectivity index (χ3v) is 3.69. The molecule has 5 nitrogen and oxygen atoms in total. The lowest BCUT2D eigenvalue weighted by atomic mass is 10.1. The van der Waals surface area contributed by atoms with Gasteiger partial charge in [0.05, 0.1) is 12.2 Å². The van der Waals surface area contributed by atoms with Crippen molar-refractivity contribution in [3.8, 4) is 0 Å². The first kappa shape index (κ1) is 17.6. The summed E-state index contributed by atoms with van der Waals surface area (Å²) in [5, 5.41) is 2.77. The Kier molecular flexibility index (Phi) is 6.01. The molecular formula is C18H20FN3O2. The van der Waals surface area contributed by atoms with Crippen molar-refractivity contribution in [2.24, 2.45) is 0 Å². The molecule has 1 N–H and O–H groups in total. The zero-order valence-corrected chi connectivity index (χ0v) is 13.7. The quantitative estimate of drug-likeness (QED) is 0.884. The lowest BCUT2D eigenvalue weighted by Gasteiger charge is -2.27. The number of halogens is 1. The Balaban J connectivity index is 1.99. The molecular weight excluding hydrogens is 309 g/mol. The van der Waals surface area contributed by atoms with Gasteiger partial charge in [0.25, 0.3) is 0 Å². The second kappa shape index (κ2) is 8.19. The van der Waals surface area contributed by atoms with Crippen molar-refractivity contribution < 1.29 is 14.0 Å². The van der Waals surface area contributed by atoms with E-state index < -0.39 is 6.04 Å². The van der Waals surface area contributed by atoms with Crippen LogP contribution >= 0.6 is 0 Å². The van der Waals surface area contributed by atoms with Crippen molar-refractivity contribution in [1.29, 1.82) is 0 Å². The Morgan fingerprint density at radius 3 is 2.50 bits per heavy atom. The standard InChI is InChI=1S/C18H20FN3O2/c1-13(18(24)21-11-17-5-3-4-10-20-17)22(14(2)23)12-15-6-8-16(19)9-7-15/h3-10,13H,11-12H2,1-2H3,(H,21,24). The fourth-order valence-corrected chi connectivity index (χ4v) is 2.28. The smallest absolute Gasteiger partial charge is 0.242 e. The van der Waals surface area contributed by atoms with E-state index in [0.29, 0.717) is 6.54 Å². The summed E-state index contributed by atoms with van der Waals surface area (Å²) in [5.41, 5.74) is 1.50. The number of benzene rings is 1. The SMILES string of the molecule is CC(=O)N(Cc1ccc(F)cc1)C(C)C(=O)NCc1ccccn1. The molecule has 126 valence electrons. The first-order valence-electron chi connectivity index (χ1n) is 7.66. The number of amides is 2. The van der Waals surface area contributed by atoms with Gasteiger partial charge in [-0.25, -0.2) is 4.39 Å². The van der Waals surface area contributed by atoms with Crippen LogP contribution in [0.25, 0.3) is 0 Å². The second-order valence-electron chi connectivity index (χ2n) is 5.49. The average Bonchev–Trinajstić information content (AvgIpc) is 2.59. The summed E-state index contributed by atoms with van der Waals surface area (Å²) in [5.74, 6) is -0.827. The topological polar surface area (TPSA) is 62.3 Å². The lowest BCUT2D eigenvalue weighted by Crippen LogP contribution is -2.46. The highest BCUT2D eigenvalue weighted by Gasteiger charge is 2.23. The molecule has 1 atom stereocenters. The predicted molar refractivity (Wildman–Crippen MR) is 88.2 cm³/mol. The molecule has 0 aliphatic rings. The maximum absolute atomic E-state index is 13.0. The van der Waals surface area contributed by atoms with Crippen molar-refractivity contribution in [3.05, 3.63) is 65.7 Å². The van der Waals surface area contributed by atoms with Crippen molar-refractivity contribution in [2.45, 2.75) is 33.0 Å². The largest absolute Gasteiger partial charge is 0.349 e. The molecule has 1 aromatic heterocycles. The molecule has 1 aromatic carbocycles. The van der Waals surface area contributed by atoms with E-state index in [1.165, 1.54) is 24.0 Å². The maximum atomic E-state index is 13.0. The molecule has 0 fully saturated rings. The molecule has 2 aromatic rings. The Hall–Kier alpha value is -2.76. The Morgan fingerprint density at radius 1 is 1.21 bits per heavy atom. The van der Waals surface area contributed by atoms with Gasteiger partial charge in [-0.3, -0.25) is 14.6 Å². The molecule has 0 saturated carbocycles. The molecule has 0 spiro atoms. The number of rotatable bonds is 6. The van der Waals surface area contributed by atoms with Gasteiger partial charge in [-0.1, -0.05) is 18.2 Å². The van der Waals surface area contributed by atoms with E-state index in [-0.39, 0.29) is 24.2 Å². The van der Waals surface area contributed by atoms with Crippen LogP contribution in [-0.4, -0.2) is 27.7 Å². The third kappa shape index (κ3) is 4.87. The molecule has 24 heavy (non-hydrogen) atoms. The van der Waals surface area contributed by atoms with Crippen LogP contribution in [0.2, 0.25) is 0 Å². The van der Waals surface area contributed by atoms with Gasteiger partial charge >= 0.3 is 0 Å². The Labute approximate surface area is 140 Å². The monoisotopic (exact) mass is 329 g/mol. The van der Waals surface area contributed by atoms with Crippen LogP contribution in [0.4, 0.5) is 4.39 Å². The molecule has 1 heterocycles. The number of nitrogens with one attached hydrogen (secondary N) is 1. The van der Waals surface area contributed by atoms with E-state index in [4.69, 9.17) is 0 Å². The van der Waals surface area contributed by atoms with Gasteiger partial charge in [0.2, 0.25) is 11.8 Å². The van der Waals surface area contributed by atoms with E-state index in [2.05, 4.69) is 10.3 Å². The summed E-state index contributed by atoms with van der Waals surface area (Å²) in [6.07, 6.45) is 1.65. The molecule has 0 bridgehead atoms. The summed E-state index contributed by atoms with van der Waals surface area (Å²) in [6.45, 7) is 3.62. The fourth-order valence-electron chi connectivity index (χ4n) is 2.28. The number of carbonyl (C=O) groups excluding carboxylic acids is 2. The number of carbonyl (C=O) groups is 2. The maximum Gasteiger partial charge on any atom is 0.242 e. The van der Waals surface area contributed by atoms with Gasteiger partial charge in [0.1, 0.15) is 11.9 Å². The summed E-state index contributed by atoms with van der Waals surface area (Å²) in [7, 11) is 0. The third-order valence-electron chi connectivity index (χ3n) is 3.69. The second-order valence-corrected chi connectivity index (χ2v) is 5.49. The first-order chi connectivity index (χ1) is 11.5. The number of hydrogen-bond acceptors (Lipinski definition) is 3. The van der Waals surface area contributed by atoms with Gasteiger partial charge in [-0.05, 0) is 36.8 Å². The molecule has 2 amide bonds. The number of aromatic nitrogens is 1. The molecule has 0 radical (unpaired) electrons. The van der Waals surface area contributed by atoms with Gasteiger partial charge in [-0.15, -0.1) is 0 Å². The number of hydrogen-bond donors (Lipinski definition) is 1. The molecule has 6 heteroatoms. The Morgan fingerprint density at radius 2 is 1.92 bits per heavy atom. The van der Waals surface area contributed by atoms with Crippen molar-refractivity contribution >= 4 is 11.8 Å². The zero-order valence-electron chi connectivity index (χ0n) is 13.7. The summed E-state index contributed by atoms with van der Waals surface area (Å²) < 4.78 is 13.0. The van der Waals surface area contributed by atoms with Crippen LogP contribution in [0.5, 0.6) is 0 Å². The molecule has 2 rings (SSSR count). The van der Waals surface area contributed by atoms with Crippen LogP contribution in [0, 0.1) is 5.82 Å². The highest BCUT2D eigenvalue weighted by Crippen LogP contribution is 2.10. The minimum Gasteiger partial charge on any atom is -0.349 e. The highest BCUT2D eigenvalue weighted by molar-refractivity contribution is 5.86. The average molecular weight is 329 g/mol. The van der Waals surface area contributed by atoms with Crippen molar-refractivity contribution in [1.82, 2.24) is 15.2 Å². The van der Waals surface area contributed by atoms with E-state index in [0.717, 1.165) is 11.3 Å². The van der Waals surface area contributed by atoms with E-state index in [1.54, 1.807) is 31.3 Å². The van der Waals surface area contributed by atoms with Crippen molar-refractivity contribution in [3.63, 3.8) is 0 Å². The summed E-state index contributed by atoms with van der Waals surface area (Å²) >= 11 is 0. The van der Waals surface area contributed by atoms with Crippen LogP contribution in [0.1, 0.15) is 25.1 Å². The Bertz CT molecular complexity index is 689. The number of nitrogens with zero attached hydrogens (tertiary/aromatic N) is 2. The summed E-state index contributed by atoms with van der Waals surface area (Å²) in [6, 6.07) is 10.7. The summed E-state index contributed by atoms with van der Waals surface area (Å²) in [4.78, 5) is 29.8. The molecule has 0 saturated heterocycles. The van der Waals surface area contributed by atoms with E-state index in [1.807, 2.05) is 12.1 Å². The van der Waals surface area contributed by atoms with Gasteiger partial charge < -0.3 is 10.2 Å². The minimum atomic E-state index is -0.642.